The maximum Gasteiger partial charge on any atom is 0.246 e. The largest absolute Gasteiger partial charge is 0.339 e. The highest BCUT2D eigenvalue weighted by Gasteiger charge is 2.29. The van der Waals surface area contributed by atoms with Gasteiger partial charge in [0.1, 0.15) is 5.82 Å². The third-order valence-electron chi connectivity index (χ3n) is 5.86. The summed E-state index contributed by atoms with van der Waals surface area (Å²) in [6, 6.07) is 6.60. The number of hydrogen-bond donors (Lipinski definition) is 0. The highest BCUT2D eigenvalue weighted by atomic mass is 19.1. The van der Waals surface area contributed by atoms with Gasteiger partial charge in [-0.15, -0.1) is 0 Å². The van der Waals surface area contributed by atoms with Gasteiger partial charge in [-0.05, 0) is 80.4 Å². The van der Waals surface area contributed by atoms with Gasteiger partial charge in [-0.1, -0.05) is 12.6 Å². The number of carbonyl (C=O) groups is 1. The zero-order valence-corrected chi connectivity index (χ0v) is 17.8. The summed E-state index contributed by atoms with van der Waals surface area (Å²) >= 11 is 0. The number of amides is 1. The maximum atomic E-state index is 13.7. The normalized spacial score (nSPS) is 20.5. The minimum atomic E-state index is -0.249. The predicted octanol–water partition coefficient (Wildman–Crippen LogP) is 4.92. The molecule has 5 heteroatoms. The number of benzene rings is 1. The van der Waals surface area contributed by atoms with Crippen molar-refractivity contribution in [1.29, 1.82) is 0 Å². The van der Waals surface area contributed by atoms with Gasteiger partial charge in [-0.2, -0.15) is 0 Å². The molecule has 1 heterocycles. The van der Waals surface area contributed by atoms with Gasteiger partial charge in [0.15, 0.2) is 0 Å². The Hall–Kier alpha value is -2.56. The van der Waals surface area contributed by atoms with Crippen molar-refractivity contribution in [2.45, 2.75) is 39.0 Å². The van der Waals surface area contributed by atoms with E-state index in [2.05, 4.69) is 17.7 Å². The smallest absolute Gasteiger partial charge is 0.246 e. The molecule has 0 saturated heterocycles. The molecule has 0 unspecified atom stereocenters. The third-order valence-corrected chi connectivity index (χ3v) is 5.86. The van der Waals surface area contributed by atoms with Crippen LogP contribution in [-0.4, -0.2) is 43.0 Å². The number of carbonyl (C=O) groups excluding carboxylic acids is 1. The number of nitrogens with zero attached hydrogens (tertiary/aromatic N) is 3. The molecule has 1 aliphatic carbocycles. The van der Waals surface area contributed by atoms with E-state index in [4.69, 9.17) is 0 Å². The van der Waals surface area contributed by atoms with E-state index in [9.17, 15) is 9.18 Å². The molecule has 0 atom stereocenters. The zero-order chi connectivity index (χ0) is 21.0. The van der Waals surface area contributed by atoms with E-state index in [1.165, 1.54) is 12.1 Å². The predicted molar refractivity (Wildman–Crippen MR) is 117 cm³/mol. The number of anilines is 1. The van der Waals surface area contributed by atoms with E-state index in [0.29, 0.717) is 5.92 Å². The van der Waals surface area contributed by atoms with Crippen molar-refractivity contribution >= 4 is 11.6 Å². The quantitative estimate of drug-likeness (QED) is 0.660. The Morgan fingerprint density at radius 3 is 2.59 bits per heavy atom. The lowest BCUT2D eigenvalue weighted by molar-refractivity contribution is -0.126. The van der Waals surface area contributed by atoms with Crippen LogP contribution in [0.4, 0.5) is 10.1 Å². The lowest BCUT2D eigenvalue weighted by Gasteiger charge is -2.34. The number of halogens is 1. The number of hydrazine groups is 1. The van der Waals surface area contributed by atoms with Crippen molar-refractivity contribution in [3.05, 3.63) is 65.7 Å². The molecule has 0 N–H and O–H groups in total. The van der Waals surface area contributed by atoms with Crippen LogP contribution in [0.3, 0.4) is 0 Å². The lowest BCUT2D eigenvalue weighted by Crippen LogP contribution is -2.36. The molecule has 1 saturated carbocycles. The van der Waals surface area contributed by atoms with Gasteiger partial charge in [0.25, 0.3) is 0 Å². The molecule has 0 bridgehead atoms. The van der Waals surface area contributed by atoms with Crippen molar-refractivity contribution in [3.8, 4) is 0 Å². The average molecular weight is 398 g/mol. The number of likely N-dealkylation sites (N-methyl/N-ethyl adjacent to an activating group) is 1. The van der Waals surface area contributed by atoms with Gasteiger partial charge in [-0.3, -0.25) is 14.8 Å². The van der Waals surface area contributed by atoms with Crippen LogP contribution in [0.1, 0.15) is 39.0 Å². The van der Waals surface area contributed by atoms with E-state index in [-0.39, 0.29) is 11.7 Å². The molecule has 1 aromatic carbocycles. The molecule has 3 rings (SSSR count). The monoisotopic (exact) mass is 397 g/mol. The Bertz CT molecular complexity index is 825. The van der Waals surface area contributed by atoms with Gasteiger partial charge in [0, 0.05) is 39.0 Å². The van der Waals surface area contributed by atoms with Crippen molar-refractivity contribution < 1.29 is 9.18 Å². The average Bonchev–Trinajstić information content (AvgIpc) is 3.54. The molecule has 156 valence electrons. The molecule has 1 aliphatic heterocycles. The molecule has 2 aliphatic rings. The van der Waals surface area contributed by atoms with Crippen LogP contribution in [0.2, 0.25) is 0 Å². The SMILES string of the molecule is C=C1/C=C(/N(C)N(C)c2cccc(F)c2)CCCCN(CC)C(=O)C=C1C1CC1. The highest BCUT2D eigenvalue weighted by molar-refractivity contribution is 5.89. The molecule has 0 radical (unpaired) electrons. The third kappa shape index (κ3) is 5.28. The molecule has 4 nitrogen and oxygen atoms in total. The van der Waals surface area contributed by atoms with Crippen LogP contribution >= 0.6 is 0 Å². The first-order valence-corrected chi connectivity index (χ1v) is 10.5. The Labute approximate surface area is 173 Å². The molecule has 0 aromatic heterocycles. The van der Waals surface area contributed by atoms with E-state index < -0.39 is 0 Å². The first kappa shape index (κ1) is 21.2. The zero-order valence-electron chi connectivity index (χ0n) is 17.8. The standard InChI is InChI=1S/C24H32FN3O/c1-5-28-14-7-6-10-21(15-18(2)23(17-24(28)29)19-12-13-19)26(3)27(4)22-11-8-9-20(25)16-22/h8-9,11,15-17,19H,2,5-7,10,12-14H2,1,3-4H3/b21-15+,23-17?. The molecular weight excluding hydrogens is 365 g/mol. The van der Waals surface area contributed by atoms with Crippen molar-refractivity contribution in [2.75, 3.05) is 32.2 Å². The van der Waals surface area contributed by atoms with Crippen LogP contribution in [0, 0.1) is 11.7 Å². The lowest BCUT2D eigenvalue weighted by atomic mass is 10.00. The Morgan fingerprint density at radius 2 is 1.93 bits per heavy atom. The number of hydrogen-bond acceptors (Lipinski definition) is 3. The molecule has 29 heavy (non-hydrogen) atoms. The first-order valence-electron chi connectivity index (χ1n) is 10.5. The summed E-state index contributed by atoms with van der Waals surface area (Å²) in [4.78, 5) is 14.7. The van der Waals surface area contributed by atoms with Crippen molar-refractivity contribution in [2.24, 2.45) is 5.92 Å². The van der Waals surface area contributed by atoms with Crippen LogP contribution in [0.5, 0.6) is 0 Å². The fraction of sp³-hybridized carbons (Fsp3) is 0.458. The summed E-state index contributed by atoms with van der Waals surface area (Å²) in [5.41, 5.74) is 3.88. The molecule has 1 fully saturated rings. The van der Waals surface area contributed by atoms with Gasteiger partial charge in [0.2, 0.25) is 5.91 Å². The number of rotatable bonds is 5. The molecule has 1 amide bonds. The Morgan fingerprint density at radius 1 is 1.17 bits per heavy atom. The molecule has 0 spiro atoms. The first-order chi connectivity index (χ1) is 13.9. The minimum Gasteiger partial charge on any atom is -0.339 e. The highest BCUT2D eigenvalue weighted by Crippen LogP contribution is 2.40. The summed E-state index contributed by atoms with van der Waals surface area (Å²) in [5.74, 6) is 0.285. The minimum absolute atomic E-state index is 0.0950. The van der Waals surface area contributed by atoms with E-state index >= 15 is 0 Å². The summed E-state index contributed by atoms with van der Waals surface area (Å²) in [7, 11) is 3.93. The second-order valence-corrected chi connectivity index (χ2v) is 7.94. The van der Waals surface area contributed by atoms with Crippen LogP contribution in [-0.2, 0) is 4.79 Å². The van der Waals surface area contributed by atoms with Crippen LogP contribution < -0.4 is 5.01 Å². The number of allylic oxidation sites excluding steroid dienone is 4. The summed E-state index contributed by atoms with van der Waals surface area (Å²) in [6.45, 7) is 7.83. The second-order valence-electron chi connectivity index (χ2n) is 7.94. The van der Waals surface area contributed by atoms with Crippen LogP contribution in [0.15, 0.2) is 59.8 Å². The summed E-state index contributed by atoms with van der Waals surface area (Å²) in [6.07, 6.45) is 8.95. The summed E-state index contributed by atoms with van der Waals surface area (Å²) in [5, 5.41) is 4.01. The van der Waals surface area contributed by atoms with Gasteiger partial charge in [-0.25, -0.2) is 4.39 Å². The Kier molecular flexibility index (Phi) is 6.78. The van der Waals surface area contributed by atoms with E-state index in [1.54, 1.807) is 12.1 Å². The van der Waals surface area contributed by atoms with E-state index in [0.717, 1.165) is 67.7 Å². The topological polar surface area (TPSA) is 26.8 Å². The maximum absolute atomic E-state index is 13.7. The fourth-order valence-corrected chi connectivity index (χ4v) is 3.78. The van der Waals surface area contributed by atoms with Crippen LogP contribution in [0.25, 0.3) is 0 Å². The second kappa shape index (κ2) is 9.29. The summed E-state index contributed by atoms with van der Waals surface area (Å²) < 4.78 is 13.7. The van der Waals surface area contributed by atoms with Gasteiger partial charge >= 0.3 is 0 Å². The molecular formula is C24H32FN3O. The van der Waals surface area contributed by atoms with Crippen molar-refractivity contribution in [1.82, 2.24) is 9.91 Å². The fourth-order valence-electron chi connectivity index (χ4n) is 3.78. The van der Waals surface area contributed by atoms with Crippen molar-refractivity contribution in [3.63, 3.8) is 0 Å². The van der Waals surface area contributed by atoms with E-state index in [1.807, 2.05) is 37.0 Å². The molecule has 1 aromatic rings. The Balaban J connectivity index is 1.89. The van der Waals surface area contributed by atoms with Gasteiger partial charge < -0.3 is 4.90 Å². The van der Waals surface area contributed by atoms with Gasteiger partial charge in [0.05, 0.1) is 5.69 Å².